The molecule has 0 bridgehead atoms. The normalized spacial score (nSPS) is 26.8. The number of ether oxygens (including phenoxy) is 1. The Morgan fingerprint density at radius 1 is 1.42 bits per heavy atom. The summed E-state index contributed by atoms with van der Waals surface area (Å²) >= 11 is 0. The van der Waals surface area contributed by atoms with E-state index in [1.165, 1.54) is 13.1 Å². The van der Waals surface area contributed by atoms with E-state index in [2.05, 4.69) is 0 Å². The average Bonchev–Trinajstić information content (AvgIpc) is 2.75. The first-order chi connectivity index (χ1) is 8.99. The fourth-order valence-corrected chi connectivity index (χ4v) is 2.14. The highest BCUT2D eigenvalue weighted by atomic mass is 16.5. The maximum Gasteiger partial charge on any atom is 0.335 e. The van der Waals surface area contributed by atoms with Gasteiger partial charge >= 0.3 is 5.69 Å². The van der Waals surface area contributed by atoms with Crippen LogP contribution in [0, 0.1) is 6.92 Å². The lowest BCUT2D eigenvalue weighted by molar-refractivity contribution is -0.0467. The third kappa shape index (κ3) is 2.35. The minimum absolute atomic E-state index is 0.133. The number of aromatic nitrogens is 2. The van der Waals surface area contributed by atoms with Gasteiger partial charge < -0.3 is 20.1 Å². The Balaban J connectivity index is 2.45. The molecule has 106 valence electrons. The molecule has 0 spiro atoms. The highest BCUT2D eigenvalue weighted by Crippen LogP contribution is 2.27. The van der Waals surface area contributed by atoms with Gasteiger partial charge in [0.1, 0.15) is 19.1 Å². The van der Waals surface area contributed by atoms with Crippen molar-refractivity contribution in [2.45, 2.75) is 38.5 Å². The molecule has 1 saturated heterocycles. The van der Waals surface area contributed by atoms with E-state index in [0.29, 0.717) is 4.57 Å². The molecule has 0 radical (unpaired) electrons. The van der Waals surface area contributed by atoms with Gasteiger partial charge in [-0.3, -0.25) is 9.36 Å². The molecule has 19 heavy (non-hydrogen) atoms. The molecule has 2 heterocycles. The molecule has 0 aromatic carbocycles. The Hall–Kier alpha value is -1.48. The SMILES string of the molecule is Cc1cn(C2CC(O)C(CO)O2)c(=O)n(CO)c1=O. The van der Waals surface area contributed by atoms with E-state index < -0.39 is 36.4 Å². The lowest BCUT2D eigenvalue weighted by Crippen LogP contribution is -2.42. The number of aliphatic hydroxyl groups excluding tert-OH is 3. The van der Waals surface area contributed by atoms with Crippen LogP contribution < -0.4 is 11.2 Å². The summed E-state index contributed by atoms with van der Waals surface area (Å²) < 4.78 is 7.17. The first-order valence-electron chi connectivity index (χ1n) is 5.87. The third-order valence-corrected chi connectivity index (χ3v) is 3.20. The smallest absolute Gasteiger partial charge is 0.335 e. The van der Waals surface area contributed by atoms with Crippen LogP contribution in [-0.4, -0.2) is 43.3 Å². The fraction of sp³-hybridized carbons (Fsp3) is 0.636. The molecule has 3 N–H and O–H groups in total. The summed E-state index contributed by atoms with van der Waals surface area (Å²) in [7, 11) is 0. The Morgan fingerprint density at radius 3 is 2.63 bits per heavy atom. The molecule has 3 unspecified atom stereocenters. The zero-order chi connectivity index (χ0) is 14.2. The second-order valence-electron chi connectivity index (χ2n) is 4.49. The lowest BCUT2D eigenvalue weighted by Gasteiger charge is -2.16. The fourth-order valence-electron chi connectivity index (χ4n) is 2.14. The van der Waals surface area contributed by atoms with Crippen molar-refractivity contribution in [1.29, 1.82) is 0 Å². The molecule has 3 atom stereocenters. The molecule has 8 nitrogen and oxygen atoms in total. The largest absolute Gasteiger partial charge is 0.394 e. The van der Waals surface area contributed by atoms with Crippen LogP contribution in [0.4, 0.5) is 0 Å². The molecule has 0 amide bonds. The van der Waals surface area contributed by atoms with Gasteiger partial charge in [0.2, 0.25) is 0 Å². The van der Waals surface area contributed by atoms with Crippen molar-refractivity contribution in [3.63, 3.8) is 0 Å². The number of hydrogen-bond donors (Lipinski definition) is 3. The van der Waals surface area contributed by atoms with Crippen molar-refractivity contribution in [2.75, 3.05) is 6.61 Å². The number of aryl methyl sites for hydroxylation is 1. The summed E-state index contributed by atoms with van der Waals surface area (Å²) in [5, 5.41) is 27.7. The van der Waals surface area contributed by atoms with Crippen molar-refractivity contribution >= 4 is 0 Å². The summed E-state index contributed by atoms with van der Waals surface area (Å²) in [6.07, 6.45) is -0.942. The monoisotopic (exact) mass is 272 g/mol. The maximum absolute atomic E-state index is 12.0. The van der Waals surface area contributed by atoms with Crippen molar-refractivity contribution in [3.05, 3.63) is 32.6 Å². The average molecular weight is 272 g/mol. The second-order valence-corrected chi connectivity index (χ2v) is 4.49. The summed E-state index contributed by atoms with van der Waals surface area (Å²) in [5.74, 6) is 0. The van der Waals surface area contributed by atoms with Crippen LogP contribution in [0.3, 0.4) is 0 Å². The van der Waals surface area contributed by atoms with E-state index in [1.807, 2.05) is 0 Å². The topological polar surface area (TPSA) is 114 Å². The highest BCUT2D eigenvalue weighted by molar-refractivity contribution is 5.03. The van der Waals surface area contributed by atoms with Crippen molar-refractivity contribution in [2.24, 2.45) is 0 Å². The molecule has 0 saturated carbocycles. The highest BCUT2D eigenvalue weighted by Gasteiger charge is 2.35. The van der Waals surface area contributed by atoms with Crippen LogP contribution in [-0.2, 0) is 11.5 Å². The predicted molar refractivity (Wildman–Crippen MR) is 63.5 cm³/mol. The Bertz CT molecular complexity index is 578. The van der Waals surface area contributed by atoms with Crippen molar-refractivity contribution in [1.82, 2.24) is 9.13 Å². The molecule has 1 aromatic heterocycles. The van der Waals surface area contributed by atoms with E-state index in [-0.39, 0.29) is 18.6 Å². The van der Waals surface area contributed by atoms with Crippen LogP contribution >= 0.6 is 0 Å². The van der Waals surface area contributed by atoms with Crippen molar-refractivity contribution < 1.29 is 20.1 Å². The summed E-state index contributed by atoms with van der Waals surface area (Å²) in [5.41, 5.74) is -1.01. The molecule has 1 aliphatic heterocycles. The van der Waals surface area contributed by atoms with E-state index >= 15 is 0 Å². The number of aliphatic hydroxyl groups is 3. The van der Waals surface area contributed by atoms with Crippen molar-refractivity contribution in [3.8, 4) is 0 Å². The molecular formula is C11H16N2O6. The van der Waals surface area contributed by atoms with E-state index in [0.717, 1.165) is 4.57 Å². The molecule has 1 aliphatic rings. The van der Waals surface area contributed by atoms with Crippen LogP contribution in [0.1, 0.15) is 18.2 Å². The quantitative estimate of drug-likeness (QED) is 0.581. The molecule has 8 heteroatoms. The number of nitrogens with zero attached hydrogens (tertiary/aromatic N) is 2. The number of rotatable bonds is 3. The van der Waals surface area contributed by atoms with E-state index in [9.17, 15) is 14.7 Å². The minimum Gasteiger partial charge on any atom is -0.394 e. The summed E-state index contributed by atoms with van der Waals surface area (Å²) in [6.45, 7) is 0.433. The Morgan fingerprint density at radius 2 is 2.11 bits per heavy atom. The van der Waals surface area contributed by atoms with E-state index in [1.54, 1.807) is 0 Å². The second kappa shape index (κ2) is 5.25. The van der Waals surface area contributed by atoms with Gasteiger partial charge in [0.25, 0.3) is 5.56 Å². The molecule has 2 rings (SSSR count). The van der Waals surface area contributed by atoms with Crippen LogP contribution in [0.2, 0.25) is 0 Å². The van der Waals surface area contributed by atoms with Gasteiger partial charge in [0.15, 0.2) is 0 Å². The summed E-state index contributed by atoms with van der Waals surface area (Å²) in [6, 6.07) is 0. The van der Waals surface area contributed by atoms with Gasteiger partial charge in [-0.15, -0.1) is 0 Å². The first-order valence-corrected chi connectivity index (χ1v) is 5.87. The van der Waals surface area contributed by atoms with Gasteiger partial charge in [-0.25, -0.2) is 9.36 Å². The zero-order valence-electron chi connectivity index (χ0n) is 10.4. The van der Waals surface area contributed by atoms with Crippen LogP contribution in [0.15, 0.2) is 15.8 Å². The molecule has 0 aliphatic carbocycles. The van der Waals surface area contributed by atoms with Gasteiger partial charge in [-0.05, 0) is 6.92 Å². The van der Waals surface area contributed by atoms with E-state index in [4.69, 9.17) is 14.9 Å². The van der Waals surface area contributed by atoms with Gasteiger partial charge in [-0.2, -0.15) is 0 Å². The Labute approximate surface area is 108 Å². The van der Waals surface area contributed by atoms with Crippen LogP contribution in [0.25, 0.3) is 0 Å². The van der Waals surface area contributed by atoms with Gasteiger partial charge in [0.05, 0.1) is 12.7 Å². The zero-order valence-corrected chi connectivity index (χ0v) is 10.4. The standard InChI is InChI=1S/C11H16N2O6/c1-6-3-12(11(18)13(5-15)10(6)17)9-2-7(16)8(4-14)19-9/h3,7-9,14-16H,2,4-5H2,1H3. The molecular weight excluding hydrogens is 256 g/mol. The number of hydrogen-bond acceptors (Lipinski definition) is 6. The lowest BCUT2D eigenvalue weighted by atomic mass is 10.2. The predicted octanol–water partition coefficient (Wildman–Crippen LogP) is -2.09. The minimum atomic E-state index is -0.878. The van der Waals surface area contributed by atoms with Gasteiger partial charge in [-0.1, -0.05) is 0 Å². The molecule has 1 aromatic rings. The third-order valence-electron chi connectivity index (χ3n) is 3.20. The Kier molecular flexibility index (Phi) is 3.85. The first kappa shape index (κ1) is 13.9. The maximum atomic E-state index is 12.0. The van der Waals surface area contributed by atoms with Crippen LogP contribution in [0.5, 0.6) is 0 Å². The molecule has 1 fully saturated rings. The van der Waals surface area contributed by atoms with Gasteiger partial charge in [0, 0.05) is 18.2 Å². The summed E-state index contributed by atoms with van der Waals surface area (Å²) in [4.78, 5) is 23.6.